The molecule has 27 heavy (non-hydrogen) atoms. The van der Waals surface area contributed by atoms with E-state index in [-0.39, 0.29) is 15.9 Å². The number of hydrogen-bond donors (Lipinski definition) is 1. The van der Waals surface area contributed by atoms with Crippen molar-refractivity contribution in [3.8, 4) is 6.07 Å². The fourth-order valence-electron chi connectivity index (χ4n) is 2.87. The molecule has 0 saturated carbocycles. The molecule has 0 aliphatic heterocycles. The van der Waals surface area contributed by atoms with Gasteiger partial charge in [-0.15, -0.1) is 11.3 Å². The number of nitriles is 1. The summed E-state index contributed by atoms with van der Waals surface area (Å²) in [6.45, 7) is -0.517. The maximum Gasteiger partial charge on any atom is 0.359 e. The molecule has 140 valence electrons. The van der Waals surface area contributed by atoms with E-state index in [4.69, 9.17) is 27.9 Å². The summed E-state index contributed by atoms with van der Waals surface area (Å²) in [5.41, 5.74) is 1.39. The van der Waals surface area contributed by atoms with E-state index in [1.807, 2.05) is 0 Å². The van der Waals surface area contributed by atoms with Crippen molar-refractivity contribution in [3.63, 3.8) is 0 Å². The standard InChI is InChI=1S/C18H15Cl2N3O3S/c19-12-6-7-14(20)22-16(12)18(25)26-9-15(24)23-17-11(8-21)10-4-2-1-3-5-13(10)27-17/h6-7H,1-5,9H2,(H,23,24). The van der Waals surface area contributed by atoms with Crippen LogP contribution in [0.4, 0.5) is 5.00 Å². The van der Waals surface area contributed by atoms with Gasteiger partial charge < -0.3 is 10.1 Å². The van der Waals surface area contributed by atoms with Crippen molar-refractivity contribution in [2.75, 3.05) is 11.9 Å². The van der Waals surface area contributed by atoms with Crippen LogP contribution in [-0.4, -0.2) is 23.5 Å². The molecule has 2 aromatic rings. The number of carbonyl (C=O) groups is 2. The summed E-state index contributed by atoms with van der Waals surface area (Å²) in [5.74, 6) is -1.38. The lowest BCUT2D eigenvalue weighted by Crippen LogP contribution is -2.21. The zero-order chi connectivity index (χ0) is 19.4. The average molecular weight is 424 g/mol. The van der Waals surface area contributed by atoms with E-state index in [0.29, 0.717) is 10.6 Å². The normalized spacial score (nSPS) is 13.2. The number of amides is 1. The highest BCUT2D eigenvalue weighted by Gasteiger charge is 2.22. The topological polar surface area (TPSA) is 92.1 Å². The Morgan fingerprint density at radius 3 is 2.81 bits per heavy atom. The van der Waals surface area contributed by atoms with Crippen LogP contribution in [0.25, 0.3) is 0 Å². The Morgan fingerprint density at radius 1 is 1.26 bits per heavy atom. The molecule has 0 bridgehead atoms. The van der Waals surface area contributed by atoms with E-state index in [1.165, 1.54) is 23.5 Å². The molecule has 1 amide bonds. The van der Waals surface area contributed by atoms with Gasteiger partial charge >= 0.3 is 5.97 Å². The lowest BCUT2D eigenvalue weighted by atomic mass is 10.1. The number of thiophene rings is 1. The first-order valence-corrected chi connectivity index (χ1v) is 9.90. The van der Waals surface area contributed by atoms with Gasteiger partial charge in [0.05, 0.1) is 10.6 Å². The van der Waals surface area contributed by atoms with Crippen LogP contribution < -0.4 is 5.32 Å². The summed E-state index contributed by atoms with van der Waals surface area (Å²) < 4.78 is 4.96. The van der Waals surface area contributed by atoms with Crippen molar-refractivity contribution in [1.82, 2.24) is 4.98 Å². The molecule has 2 aromatic heterocycles. The number of carbonyl (C=O) groups excluding carboxylic acids is 2. The molecule has 0 radical (unpaired) electrons. The van der Waals surface area contributed by atoms with E-state index >= 15 is 0 Å². The van der Waals surface area contributed by atoms with Gasteiger partial charge in [0, 0.05) is 4.88 Å². The molecule has 1 aliphatic rings. The highest BCUT2D eigenvalue weighted by Crippen LogP contribution is 2.36. The highest BCUT2D eigenvalue weighted by atomic mass is 35.5. The second kappa shape index (κ2) is 8.70. The Hall–Kier alpha value is -2.14. The lowest BCUT2D eigenvalue weighted by molar-refractivity contribution is -0.119. The van der Waals surface area contributed by atoms with Gasteiger partial charge in [0.1, 0.15) is 16.2 Å². The molecule has 0 atom stereocenters. The molecule has 1 aliphatic carbocycles. The fourth-order valence-corrected chi connectivity index (χ4v) is 4.46. The van der Waals surface area contributed by atoms with Crippen molar-refractivity contribution in [2.45, 2.75) is 32.1 Å². The summed E-state index contributed by atoms with van der Waals surface area (Å²) in [6.07, 6.45) is 5.02. The third kappa shape index (κ3) is 4.59. The summed E-state index contributed by atoms with van der Waals surface area (Å²) in [6, 6.07) is 5.05. The van der Waals surface area contributed by atoms with Gasteiger partial charge in [-0.3, -0.25) is 4.79 Å². The number of rotatable bonds is 4. The Balaban J connectivity index is 1.65. The van der Waals surface area contributed by atoms with Crippen molar-refractivity contribution in [3.05, 3.63) is 44.0 Å². The van der Waals surface area contributed by atoms with Crippen LogP contribution in [0.1, 0.15) is 45.8 Å². The minimum Gasteiger partial charge on any atom is -0.451 e. The predicted molar refractivity (Wildman–Crippen MR) is 103 cm³/mol. The van der Waals surface area contributed by atoms with Crippen LogP contribution in [-0.2, 0) is 22.4 Å². The molecule has 6 nitrogen and oxygen atoms in total. The molecular formula is C18H15Cl2N3O3S. The van der Waals surface area contributed by atoms with Gasteiger partial charge in [0.25, 0.3) is 5.91 Å². The first kappa shape index (κ1) is 19.6. The Morgan fingerprint density at radius 2 is 2.04 bits per heavy atom. The number of aryl methyl sites for hydroxylation is 1. The lowest BCUT2D eigenvalue weighted by Gasteiger charge is -2.07. The summed E-state index contributed by atoms with van der Waals surface area (Å²) in [5, 5.41) is 12.8. The van der Waals surface area contributed by atoms with Crippen molar-refractivity contribution in [1.29, 1.82) is 5.26 Å². The number of nitrogens with one attached hydrogen (secondary N) is 1. The third-order valence-electron chi connectivity index (χ3n) is 4.13. The molecule has 3 rings (SSSR count). The molecule has 0 fully saturated rings. The van der Waals surface area contributed by atoms with Crippen molar-refractivity contribution >= 4 is 51.4 Å². The number of ether oxygens (including phenoxy) is 1. The quantitative estimate of drug-likeness (QED) is 0.447. The minimum atomic E-state index is -0.847. The molecule has 0 aromatic carbocycles. The molecule has 0 unspecified atom stereocenters. The zero-order valence-electron chi connectivity index (χ0n) is 14.2. The second-order valence-electron chi connectivity index (χ2n) is 5.97. The Labute approximate surface area is 170 Å². The van der Waals surface area contributed by atoms with Crippen LogP contribution in [0.5, 0.6) is 0 Å². The molecule has 2 heterocycles. The molecule has 0 saturated heterocycles. The van der Waals surface area contributed by atoms with Crippen molar-refractivity contribution < 1.29 is 14.3 Å². The van der Waals surface area contributed by atoms with E-state index in [0.717, 1.165) is 42.5 Å². The number of aromatic nitrogens is 1. The van der Waals surface area contributed by atoms with Gasteiger partial charge in [-0.05, 0) is 43.4 Å². The SMILES string of the molecule is N#Cc1c(NC(=O)COC(=O)c2nc(Cl)ccc2Cl)sc2c1CCCCC2. The average Bonchev–Trinajstić information content (AvgIpc) is 2.81. The van der Waals surface area contributed by atoms with Gasteiger partial charge in [0.2, 0.25) is 0 Å². The number of hydrogen-bond acceptors (Lipinski definition) is 6. The number of pyridine rings is 1. The Bertz CT molecular complexity index is 937. The second-order valence-corrected chi connectivity index (χ2v) is 7.87. The third-order valence-corrected chi connectivity index (χ3v) is 5.85. The van der Waals surface area contributed by atoms with Crippen LogP contribution in [0.2, 0.25) is 10.2 Å². The number of anilines is 1. The van der Waals surface area contributed by atoms with Crippen LogP contribution in [0.15, 0.2) is 12.1 Å². The maximum atomic E-state index is 12.2. The van der Waals surface area contributed by atoms with Crippen LogP contribution in [0.3, 0.4) is 0 Å². The van der Waals surface area contributed by atoms with E-state index in [1.54, 1.807) is 0 Å². The zero-order valence-corrected chi connectivity index (χ0v) is 16.5. The monoisotopic (exact) mass is 423 g/mol. The predicted octanol–water partition coefficient (Wildman–Crippen LogP) is 4.39. The number of fused-ring (bicyclic) bond motifs is 1. The van der Waals surface area contributed by atoms with E-state index in [9.17, 15) is 14.9 Å². The Kier molecular flexibility index (Phi) is 6.32. The van der Waals surface area contributed by atoms with Crippen molar-refractivity contribution in [2.24, 2.45) is 0 Å². The molecule has 9 heteroatoms. The van der Waals surface area contributed by atoms with Gasteiger partial charge in [-0.2, -0.15) is 5.26 Å². The molecule has 1 N–H and O–H groups in total. The maximum absolute atomic E-state index is 12.2. The van der Waals surface area contributed by atoms with Gasteiger partial charge in [0.15, 0.2) is 12.3 Å². The first-order chi connectivity index (χ1) is 13.0. The minimum absolute atomic E-state index is 0.0820. The largest absolute Gasteiger partial charge is 0.451 e. The smallest absolute Gasteiger partial charge is 0.359 e. The van der Waals surface area contributed by atoms with Gasteiger partial charge in [-0.25, -0.2) is 9.78 Å². The van der Waals surface area contributed by atoms with E-state index in [2.05, 4.69) is 16.4 Å². The fraction of sp³-hybridized carbons (Fsp3) is 0.333. The number of esters is 1. The molecular weight excluding hydrogens is 409 g/mol. The van der Waals surface area contributed by atoms with Crippen LogP contribution in [0, 0.1) is 11.3 Å². The molecule has 0 spiro atoms. The first-order valence-electron chi connectivity index (χ1n) is 8.33. The summed E-state index contributed by atoms with van der Waals surface area (Å²) >= 11 is 13.0. The van der Waals surface area contributed by atoms with E-state index < -0.39 is 18.5 Å². The number of halogens is 2. The summed E-state index contributed by atoms with van der Waals surface area (Å²) in [4.78, 5) is 29.2. The van der Waals surface area contributed by atoms with Crippen LogP contribution >= 0.6 is 34.5 Å². The van der Waals surface area contributed by atoms with Gasteiger partial charge in [-0.1, -0.05) is 29.6 Å². The summed E-state index contributed by atoms with van der Waals surface area (Å²) in [7, 11) is 0. The number of nitrogens with zero attached hydrogens (tertiary/aromatic N) is 2. The highest BCUT2D eigenvalue weighted by molar-refractivity contribution is 7.16.